The standard InChI is InChI=1S/C4H4ClF3/c1-3(6)4(7,8)2-5/h1-2H2. The van der Waals surface area contributed by atoms with Crippen LogP contribution in [0.25, 0.3) is 0 Å². The van der Waals surface area contributed by atoms with Crippen LogP contribution in [-0.4, -0.2) is 11.8 Å². The number of halogens is 4. The smallest absolute Gasteiger partial charge is 0.206 e. The Balaban J connectivity index is 3.91. The molecule has 48 valence electrons. The second-order valence-corrected chi connectivity index (χ2v) is 1.51. The van der Waals surface area contributed by atoms with E-state index in [4.69, 9.17) is 0 Å². The average Bonchev–Trinajstić information content (AvgIpc) is 1.67. The largest absolute Gasteiger partial charge is 0.311 e. The van der Waals surface area contributed by atoms with E-state index in [-0.39, 0.29) is 0 Å². The Kier molecular flexibility index (Phi) is 2.34. The van der Waals surface area contributed by atoms with Gasteiger partial charge in [0.15, 0.2) is 5.83 Å². The van der Waals surface area contributed by atoms with Gasteiger partial charge in [-0.15, -0.1) is 11.6 Å². The van der Waals surface area contributed by atoms with Crippen LogP contribution in [0, 0.1) is 0 Å². The lowest BCUT2D eigenvalue weighted by atomic mass is 10.4. The Bertz CT molecular complexity index is 99.5. The zero-order valence-electron chi connectivity index (χ0n) is 3.93. The SMILES string of the molecule is C=C(F)C(F)(F)CCl. The topological polar surface area (TPSA) is 0 Å². The number of allylic oxidation sites excluding steroid dienone is 1. The first-order chi connectivity index (χ1) is 3.50. The van der Waals surface area contributed by atoms with Crippen molar-refractivity contribution >= 4 is 11.6 Å². The van der Waals surface area contributed by atoms with E-state index >= 15 is 0 Å². The third-order valence-corrected chi connectivity index (χ3v) is 0.900. The summed E-state index contributed by atoms with van der Waals surface area (Å²) < 4.78 is 34.8. The predicted octanol–water partition coefficient (Wildman–Crippen LogP) is 2.34. The number of alkyl halides is 3. The minimum Gasteiger partial charge on any atom is -0.206 e. The zero-order chi connectivity index (χ0) is 6.78. The van der Waals surface area contributed by atoms with Gasteiger partial charge >= 0.3 is 5.92 Å². The summed E-state index contributed by atoms with van der Waals surface area (Å²) in [5.41, 5.74) is 0. The summed E-state index contributed by atoms with van der Waals surface area (Å²) in [5, 5.41) is 0. The molecule has 0 saturated carbocycles. The van der Waals surface area contributed by atoms with Gasteiger partial charge in [0.25, 0.3) is 0 Å². The molecule has 0 saturated heterocycles. The van der Waals surface area contributed by atoms with Crippen LogP contribution in [0.15, 0.2) is 12.4 Å². The van der Waals surface area contributed by atoms with Gasteiger partial charge < -0.3 is 0 Å². The van der Waals surface area contributed by atoms with Crippen molar-refractivity contribution < 1.29 is 13.2 Å². The molecule has 0 amide bonds. The lowest BCUT2D eigenvalue weighted by Crippen LogP contribution is -2.17. The molecule has 8 heavy (non-hydrogen) atoms. The Morgan fingerprint density at radius 3 is 2.00 bits per heavy atom. The first-order valence-electron chi connectivity index (χ1n) is 1.79. The lowest BCUT2D eigenvalue weighted by Gasteiger charge is -2.06. The van der Waals surface area contributed by atoms with Crippen molar-refractivity contribution in [3.05, 3.63) is 12.4 Å². The highest BCUT2D eigenvalue weighted by Crippen LogP contribution is 2.24. The van der Waals surface area contributed by atoms with E-state index in [0.29, 0.717) is 0 Å². The van der Waals surface area contributed by atoms with E-state index in [1.54, 1.807) is 0 Å². The van der Waals surface area contributed by atoms with E-state index in [0.717, 1.165) is 0 Å². The highest BCUT2D eigenvalue weighted by Gasteiger charge is 2.31. The lowest BCUT2D eigenvalue weighted by molar-refractivity contribution is 0.0433. The molecule has 0 fully saturated rings. The predicted molar refractivity (Wildman–Crippen MR) is 25.9 cm³/mol. The monoisotopic (exact) mass is 144 g/mol. The van der Waals surface area contributed by atoms with Gasteiger partial charge in [0.2, 0.25) is 0 Å². The number of hydrogen-bond acceptors (Lipinski definition) is 0. The summed E-state index contributed by atoms with van der Waals surface area (Å²) in [6.07, 6.45) is 0. The van der Waals surface area contributed by atoms with E-state index in [1.165, 1.54) is 0 Å². The van der Waals surface area contributed by atoms with Crippen LogP contribution < -0.4 is 0 Å². The van der Waals surface area contributed by atoms with Crippen LogP contribution in [0.3, 0.4) is 0 Å². The molecule has 0 aliphatic heterocycles. The Hall–Kier alpha value is -0.180. The van der Waals surface area contributed by atoms with Crippen molar-refractivity contribution in [2.45, 2.75) is 5.92 Å². The third-order valence-electron chi connectivity index (χ3n) is 0.565. The van der Waals surface area contributed by atoms with Crippen LogP contribution >= 0.6 is 11.6 Å². The molecule has 0 atom stereocenters. The highest BCUT2D eigenvalue weighted by molar-refractivity contribution is 6.18. The second-order valence-electron chi connectivity index (χ2n) is 1.24. The summed E-state index contributed by atoms with van der Waals surface area (Å²) in [6.45, 7) is 2.40. The Morgan fingerprint density at radius 1 is 1.62 bits per heavy atom. The minimum atomic E-state index is -3.55. The third kappa shape index (κ3) is 1.74. The summed E-state index contributed by atoms with van der Waals surface area (Å²) >= 11 is 4.64. The average molecular weight is 145 g/mol. The van der Waals surface area contributed by atoms with Gasteiger partial charge in [-0.05, 0) is 0 Å². The van der Waals surface area contributed by atoms with E-state index in [1.807, 2.05) is 0 Å². The van der Waals surface area contributed by atoms with E-state index in [9.17, 15) is 13.2 Å². The molecule has 0 radical (unpaired) electrons. The van der Waals surface area contributed by atoms with Crippen molar-refractivity contribution in [3.8, 4) is 0 Å². The summed E-state index contributed by atoms with van der Waals surface area (Å²) in [7, 11) is 0. The first-order valence-corrected chi connectivity index (χ1v) is 2.33. The molecule has 0 aliphatic rings. The molecule has 0 aromatic heterocycles. The zero-order valence-corrected chi connectivity index (χ0v) is 4.68. The molecule has 0 aromatic carbocycles. The van der Waals surface area contributed by atoms with Crippen molar-refractivity contribution in [2.24, 2.45) is 0 Å². The molecule has 0 rings (SSSR count). The molecular formula is C4H4ClF3. The van der Waals surface area contributed by atoms with Gasteiger partial charge in [0.1, 0.15) is 0 Å². The quantitative estimate of drug-likeness (QED) is 0.522. The molecule has 0 aromatic rings. The molecule has 0 unspecified atom stereocenters. The maximum atomic E-state index is 11.7. The van der Waals surface area contributed by atoms with Crippen LogP contribution in [0.4, 0.5) is 13.2 Å². The van der Waals surface area contributed by atoms with E-state index in [2.05, 4.69) is 18.2 Å². The summed E-state index contributed by atoms with van der Waals surface area (Å²) in [5.74, 6) is -6.29. The maximum absolute atomic E-state index is 11.7. The van der Waals surface area contributed by atoms with E-state index < -0.39 is 17.6 Å². The second kappa shape index (κ2) is 2.40. The van der Waals surface area contributed by atoms with Crippen LogP contribution in [0.5, 0.6) is 0 Å². The fourth-order valence-electron chi connectivity index (χ4n) is 0.0725. The van der Waals surface area contributed by atoms with Gasteiger partial charge in [-0.25, -0.2) is 4.39 Å². The van der Waals surface area contributed by atoms with Gasteiger partial charge in [-0.1, -0.05) is 6.58 Å². The Morgan fingerprint density at radius 2 is 2.00 bits per heavy atom. The van der Waals surface area contributed by atoms with Gasteiger partial charge in [-0.2, -0.15) is 8.78 Å². The van der Waals surface area contributed by atoms with Gasteiger partial charge in [0.05, 0.1) is 5.88 Å². The molecule has 0 nitrogen and oxygen atoms in total. The van der Waals surface area contributed by atoms with Crippen LogP contribution in [0.2, 0.25) is 0 Å². The maximum Gasteiger partial charge on any atom is 0.311 e. The molecule has 4 heteroatoms. The molecule has 0 N–H and O–H groups in total. The first kappa shape index (κ1) is 7.82. The fourth-order valence-corrected chi connectivity index (χ4v) is 0.217. The highest BCUT2D eigenvalue weighted by atomic mass is 35.5. The fraction of sp³-hybridized carbons (Fsp3) is 0.500. The van der Waals surface area contributed by atoms with Crippen molar-refractivity contribution in [1.82, 2.24) is 0 Å². The number of rotatable bonds is 2. The Labute approximate surface area is 49.9 Å². The minimum absolute atomic E-state index is 1.05. The molecule has 0 aliphatic carbocycles. The van der Waals surface area contributed by atoms with Crippen molar-refractivity contribution in [3.63, 3.8) is 0 Å². The summed E-state index contributed by atoms with van der Waals surface area (Å²) in [4.78, 5) is 0. The van der Waals surface area contributed by atoms with Crippen molar-refractivity contribution in [2.75, 3.05) is 5.88 Å². The molecule has 0 heterocycles. The van der Waals surface area contributed by atoms with Gasteiger partial charge in [-0.3, -0.25) is 0 Å². The normalized spacial score (nSPS) is 11.5. The van der Waals surface area contributed by atoms with Crippen LogP contribution in [-0.2, 0) is 0 Å². The molecule has 0 bridgehead atoms. The molecule has 0 spiro atoms. The number of hydrogen-bond donors (Lipinski definition) is 0. The molecular weight excluding hydrogens is 140 g/mol. The summed E-state index contributed by atoms with van der Waals surface area (Å²) in [6, 6.07) is 0. The van der Waals surface area contributed by atoms with Gasteiger partial charge in [0, 0.05) is 0 Å². The van der Waals surface area contributed by atoms with Crippen LogP contribution in [0.1, 0.15) is 0 Å². The van der Waals surface area contributed by atoms with Crippen molar-refractivity contribution in [1.29, 1.82) is 0 Å².